The van der Waals surface area contributed by atoms with Crippen LogP contribution in [-0.2, 0) is 6.42 Å². The van der Waals surface area contributed by atoms with Crippen LogP contribution in [-0.4, -0.2) is 9.55 Å². The van der Waals surface area contributed by atoms with E-state index in [1.54, 1.807) is 0 Å². The van der Waals surface area contributed by atoms with Gasteiger partial charge in [-0.05, 0) is 55.7 Å². The van der Waals surface area contributed by atoms with Crippen LogP contribution < -0.4 is 5.73 Å². The van der Waals surface area contributed by atoms with Crippen LogP contribution in [0.5, 0.6) is 0 Å². The topological polar surface area (TPSA) is 43.8 Å². The highest BCUT2D eigenvalue weighted by Crippen LogP contribution is 2.27. The highest BCUT2D eigenvalue weighted by Gasteiger charge is 2.14. The number of imidazole rings is 1. The zero-order valence-electron chi connectivity index (χ0n) is 12.9. The lowest BCUT2D eigenvalue weighted by atomic mass is 10.1. The Hall–Kier alpha value is -2.29. The molecule has 0 bridgehead atoms. The summed E-state index contributed by atoms with van der Waals surface area (Å²) in [6, 6.07) is 12.4. The van der Waals surface area contributed by atoms with Gasteiger partial charge in [-0.1, -0.05) is 19.1 Å². The van der Waals surface area contributed by atoms with Gasteiger partial charge in [-0.15, -0.1) is 0 Å². The molecule has 2 aromatic carbocycles. The minimum atomic E-state index is 0.760. The Bertz CT molecular complexity index is 800. The van der Waals surface area contributed by atoms with Crippen molar-refractivity contribution in [3.8, 4) is 5.69 Å². The van der Waals surface area contributed by atoms with Crippen LogP contribution in [0.3, 0.4) is 0 Å². The van der Waals surface area contributed by atoms with Gasteiger partial charge in [-0.3, -0.25) is 4.57 Å². The second-order valence-electron chi connectivity index (χ2n) is 5.58. The minimum Gasteiger partial charge on any atom is -0.399 e. The fourth-order valence-electron chi connectivity index (χ4n) is 2.79. The third-order valence-electron chi connectivity index (χ3n) is 4.04. The van der Waals surface area contributed by atoms with Crippen LogP contribution in [0.4, 0.5) is 5.69 Å². The molecular weight excluding hydrogens is 258 g/mol. The van der Waals surface area contributed by atoms with E-state index in [9.17, 15) is 0 Å². The summed E-state index contributed by atoms with van der Waals surface area (Å²) in [4.78, 5) is 4.79. The summed E-state index contributed by atoms with van der Waals surface area (Å²) in [5.41, 5.74) is 12.6. The molecule has 0 saturated heterocycles. The average Bonchev–Trinajstić information content (AvgIpc) is 2.79. The number of fused-ring (bicyclic) bond motifs is 1. The molecule has 0 saturated carbocycles. The molecule has 1 aromatic heterocycles. The predicted octanol–water partition coefficient (Wildman–Crippen LogP) is 4.18. The van der Waals surface area contributed by atoms with Crippen molar-refractivity contribution in [2.45, 2.75) is 33.6 Å². The summed E-state index contributed by atoms with van der Waals surface area (Å²) >= 11 is 0. The molecule has 21 heavy (non-hydrogen) atoms. The lowest BCUT2D eigenvalue weighted by Crippen LogP contribution is -2.04. The summed E-state index contributed by atoms with van der Waals surface area (Å²) in [5, 5.41) is 0. The summed E-state index contributed by atoms with van der Waals surface area (Å²) in [6.07, 6.45) is 2.03. The third kappa shape index (κ3) is 2.29. The van der Waals surface area contributed by atoms with E-state index < -0.39 is 0 Å². The molecule has 0 radical (unpaired) electrons. The lowest BCUT2D eigenvalue weighted by Gasteiger charge is -2.13. The standard InChI is InChI=1S/C18H21N3/c1-4-6-18-20-15-11-14(19)9-10-17(15)21(18)16-8-5-7-12(2)13(16)3/h5,7-11H,4,6,19H2,1-3H3. The Morgan fingerprint density at radius 3 is 2.71 bits per heavy atom. The molecule has 3 heteroatoms. The van der Waals surface area contributed by atoms with Crippen LogP contribution >= 0.6 is 0 Å². The van der Waals surface area contributed by atoms with Crippen molar-refractivity contribution >= 4 is 16.7 Å². The number of anilines is 1. The number of benzene rings is 2. The monoisotopic (exact) mass is 279 g/mol. The van der Waals surface area contributed by atoms with Gasteiger partial charge in [0.25, 0.3) is 0 Å². The van der Waals surface area contributed by atoms with Crippen LogP contribution in [0.25, 0.3) is 16.7 Å². The molecule has 0 spiro atoms. The molecule has 0 fully saturated rings. The maximum Gasteiger partial charge on any atom is 0.114 e. The lowest BCUT2D eigenvalue weighted by molar-refractivity contribution is 0.816. The van der Waals surface area contributed by atoms with Crippen LogP contribution in [0.2, 0.25) is 0 Å². The molecule has 0 aliphatic heterocycles. The quantitative estimate of drug-likeness (QED) is 0.731. The predicted molar refractivity (Wildman–Crippen MR) is 89.0 cm³/mol. The third-order valence-corrected chi connectivity index (χ3v) is 4.04. The highest BCUT2D eigenvalue weighted by atomic mass is 15.1. The van der Waals surface area contributed by atoms with Gasteiger partial charge in [-0.2, -0.15) is 0 Å². The van der Waals surface area contributed by atoms with Crippen molar-refractivity contribution in [2.24, 2.45) is 0 Å². The SMILES string of the molecule is CCCc1nc2cc(N)ccc2n1-c1cccc(C)c1C. The van der Waals surface area contributed by atoms with Gasteiger partial charge in [0.1, 0.15) is 5.82 Å². The van der Waals surface area contributed by atoms with E-state index in [0.29, 0.717) is 0 Å². The van der Waals surface area contributed by atoms with Crippen LogP contribution in [0.1, 0.15) is 30.3 Å². The molecule has 108 valence electrons. The van der Waals surface area contributed by atoms with E-state index in [2.05, 4.69) is 49.6 Å². The number of hydrogen-bond acceptors (Lipinski definition) is 2. The number of nitrogens with two attached hydrogens (primary N) is 1. The second kappa shape index (κ2) is 5.24. The van der Waals surface area contributed by atoms with E-state index in [-0.39, 0.29) is 0 Å². The first-order valence-electron chi connectivity index (χ1n) is 7.45. The van der Waals surface area contributed by atoms with Gasteiger partial charge >= 0.3 is 0 Å². The molecule has 0 aliphatic carbocycles. The Balaban J connectivity index is 2.33. The number of aromatic nitrogens is 2. The number of rotatable bonds is 3. The molecule has 2 N–H and O–H groups in total. The second-order valence-corrected chi connectivity index (χ2v) is 5.58. The van der Waals surface area contributed by atoms with Crippen molar-refractivity contribution in [1.82, 2.24) is 9.55 Å². The van der Waals surface area contributed by atoms with Crippen molar-refractivity contribution in [3.63, 3.8) is 0 Å². The maximum atomic E-state index is 5.90. The zero-order chi connectivity index (χ0) is 15.0. The Morgan fingerprint density at radius 1 is 1.14 bits per heavy atom. The van der Waals surface area contributed by atoms with Gasteiger partial charge in [0, 0.05) is 12.1 Å². The molecular formula is C18H21N3. The molecule has 0 atom stereocenters. The molecule has 3 rings (SSSR count). The zero-order valence-corrected chi connectivity index (χ0v) is 12.9. The molecule has 0 unspecified atom stereocenters. The Kier molecular flexibility index (Phi) is 3.42. The van der Waals surface area contributed by atoms with E-state index in [0.717, 1.165) is 35.4 Å². The van der Waals surface area contributed by atoms with Gasteiger partial charge in [0.05, 0.1) is 16.7 Å². The smallest absolute Gasteiger partial charge is 0.114 e. The van der Waals surface area contributed by atoms with E-state index in [4.69, 9.17) is 10.7 Å². The van der Waals surface area contributed by atoms with Gasteiger partial charge in [-0.25, -0.2) is 4.98 Å². The molecule has 0 aliphatic rings. The summed E-state index contributed by atoms with van der Waals surface area (Å²) in [7, 11) is 0. The fraction of sp³-hybridized carbons (Fsp3) is 0.278. The number of nitrogen functional groups attached to an aromatic ring is 1. The highest BCUT2D eigenvalue weighted by molar-refractivity contribution is 5.82. The van der Waals surface area contributed by atoms with E-state index >= 15 is 0 Å². The van der Waals surface area contributed by atoms with E-state index in [1.807, 2.05) is 12.1 Å². The summed E-state index contributed by atoms with van der Waals surface area (Å²) in [5.74, 6) is 1.10. The van der Waals surface area contributed by atoms with Crippen molar-refractivity contribution in [1.29, 1.82) is 0 Å². The maximum absolute atomic E-state index is 5.90. The van der Waals surface area contributed by atoms with Crippen molar-refractivity contribution < 1.29 is 0 Å². The summed E-state index contributed by atoms with van der Waals surface area (Å²) < 4.78 is 2.28. The number of aryl methyl sites for hydroxylation is 2. The number of nitrogens with zero attached hydrogens (tertiary/aromatic N) is 2. The first-order valence-corrected chi connectivity index (χ1v) is 7.45. The Morgan fingerprint density at radius 2 is 1.95 bits per heavy atom. The minimum absolute atomic E-state index is 0.760. The summed E-state index contributed by atoms with van der Waals surface area (Å²) in [6.45, 7) is 6.50. The largest absolute Gasteiger partial charge is 0.399 e. The van der Waals surface area contributed by atoms with E-state index in [1.165, 1.54) is 16.8 Å². The van der Waals surface area contributed by atoms with Gasteiger partial charge < -0.3 is 5.73 Å². The van der Waals surface area contributed by atoms with Crippen molar-refractivity contribution in [3.05, 3.63) is 53.3 Å². The molecule has 1 heterocycles. The van der Waals surface area contributed by atoms with Crippen LogP contribution in [0, 0.1) is 13.8 Å². The Labute approximate surface area is 125 Å². The first-order chi connectivity index (χ1) is 10.1. The normalized spacial score (nSPS) is 11.2. The van der Waals surface area contributed by atoms with Gasteiger partial charge in [0.2, 0.25) is 0 Å². The van der Waals surface area contributed by atoms with Gasteiger partial charge in [0.15, 0.2) is 0 Å². The fourth-order valence-corrected chi connectivity index (χ4v) is 2.79. The number of hydrogen-bond donors (Lipinski definition) is 1. The molecule has 0 amide bonds. The first kappa shape index (κ1) is 13.7. The van der Waals surface area contributed by atoms with Crippen LogP contribution in [0.15, 0.2) is 36.4 Å². The van der Waals surface area contributed by atoms with Crippen molar-refractivity contribution in [2.75, 3.05) is 5.73 Å². The molecule has 3 aromatic rings. The molecule has 3 nitrogen and oxygen atoms in total. The average molecular weight is 279 g/mol.